The monoisotopic (exact) mass is 451 g/mol. The van der Waals surface area contributed by atoms with Crippen LogP contribution >= 0.6 is 0 Å². The molecule has 31 heavy (non-hydrogen) atoms. The summed E-state index contributed by atoms with van der Waals surface area (Å²) in [5.41, 5.74) is -4.90. The number of carbonyl (C=O) groups excluding carboxylic acids is 1. The smallest absolute Gasteiger partial charge is 0.396 e. The van der Waals surface area contributed by atoms with E-state index in [9.17, 15) is 40.6 Å². The van der Waals surface area contributed by atoms with Crippen molar-refractivity contribution in [3.8, 4) is 0 Å². The van der Waals surface area contributed by atoms with Crippen LogP contribution in [0.25, 0.3) is 0 Å². The fourth-order valence-corrected chi connectivity index (χ4v) is 3.40. The third kappa shape index (κ3) is 4.82. The van der Waals surface area contributed by atoms with Gasteiger partial charge in [-0.25, -0.2) is 4.39 Å². The summed E-state index contributed by atoms with van der Waals surface area (Å²) in [4.78, 5) is 13.7. The average Bonchev–Trinajstić information content (AvgIpc) is 3.11. The number of halogens is 7. The number of rotatable bonds is 4. The number of aliphatic hydroxyl groups excluding tert-OH is 1. The highest BCUT2D eigenvalue weighted by Crippen LogP contribution is 2.39. The van der Waals surface area contributed by atoms with E-state index in [1.54, 1.807) is 0 Å². The Morgan fingerprint density at radius 1 is 1.00 bits per heavy atom. The van der Waals surface area contributed by atoms with Crippen LogP contribution in [-0.2, 0) is 22.7 Å². The summed E-state index contributed by atoms with van der Waals surface area (Å²) < 4.78 is 97.3. The number of amides is 1. The number of benzene rings is 2. The van der Waals surface area contributed by atoms with Crippen molar-refractivity contribution in [3.05, 3.63) is 70.5 Å². The van der Waals surface area contributed by atoms with Crippen molar-refractivity contribution < 1.29 is 45.4 Å². The normalized spacial score (nSPS) is 19.7. The Bertz CT molecular complexity index is 924. The van der Waals surface area contributed by atoms with Crippen LogP contribution < -0.4 is 0 Å². The summed E-state index contributed by atoms with van der Waals surface area (Å²) in [6.45, 7) is -1.08. The molecule has 168 valence electrons. The van der Waals surface area contributed by atoms with Gasteiger partial charge in [-0.2, -0.15) is 26.3 Å². The molecule has 4 nitrogen and oxygen atoms in total. The van der Waals surface area contributed by atoms with Crippen LogP contribution in [0, 0.1) is 5.82 Å². The van der Waals surface area contributed by atoms with Gasteiger partial charge in [0.15, 0.2) is 0 Å². The Kier molecular flexibility index (Phi) is 6.03. The first kappa shape index (κ1) is 23.0. The molecule has 1 saturated heterocycles. The van der Waals surface area contributed by atoms with E-state index in [1.807, 2.05) is 0 Å². The molecule has 1 amide bonds. The largest absolute Gasteiger partial charge is 0.416 e. The highest BCUT2D eigenvalue weighted by Gasteiger charge is 2.43. The lowest BCUT2D eigenvalue weighted by atomic mass is 9.90. The molecule has 2 aromatic rings. The maximum Gasteiger partial charge on any atom is 0.416 e. The second-order valence-corrected chi connectivity index (χ2v) is 7.05. The van der Waals surface area contributed by atoms with Crippen LogP contribution in [0.4, 0.5) is 30.7 Å². The van der Waals surface area contributed by atoms with E-state index in [4.69, 9.17) is 4.74 Å². The number of nitrogens with zero attached hydrogens (tertiary/aromatic N) is 1. The molecule has 1 N–H and O–H groups in total. The van der Waals surface area contributed by atoms with Gasteiger partial charge < -0.3 is 14.7 Å². The summed E-state index contributed by atoms with van der Waals surface area (Å²) in [6.07, 6.45) is -10.2. The molecule has 1 unspecified atom stereocenters. The molecule has 11 heteroatoms. The maximum absolute atomic E-state index is 13.2. The van der Waals surface area contributed by atoms with Gasteiger partial charge in [-0.1, -0.05) is 12.1 Å². The minimum absolute atomic E-state index is 0.0290. The number of hydrogen-bond donors (Lipinski definition) is 1. The lowest BCUT2D eigenvalue weighted by Crippen LogP contribution is -2.36. The Labute approximate surface area is 171 Å². The van der Waals surface area contributed by atoms with Gasteiger partial charge in [-0.3, -0.25) is 4.79 Å². The van der Waals surface area contributed by atoms with Crippen molar-refractivity contribution in [2.24, 2.45) is 0 Å². The summed E-state index contributed by atoms with van der Waals surface area (Å²) in [5, 5.41) is 9.39. The Hall–Kier alpha value is -2.66. The van der Waals surface area contributed by atoms with Gasteiger partial charge in [-0.05, 0) is 35.9 Å². The Morgan fingerprint density at radius 2 is 1.55 bits per heavy atom. The molecule has 1 heterocycles. The Morgan fingerprint density at radius 3 is 2.03 bits per heavy atom. The van der Waals surface area contributed by atoms with Gasteiger partial charge in [0.05, 0.1) is 17.7 Å². The lowest BCUT2D eigenvalue weighted by Gasteiger charge is -2.27. The molecule has 0 aliphatic carbocycles. The van der Waals surface area contributed by atoms with E-state index >= 15 is 0 Å². The molecule has 1 atom stereocenters. The molecule has 1 aliphatic rings. The molecule has 1 aliphatic heterocycles. The minimum Gasteiger partial charge on any atom is -0.396 e. The van der Waals surface area contributed by atoms with Crippen molar-refractivity contribution in [3.63, 3.8) is 0 Å². The molecule has 3 rings (SSSR count). The minimum atomic E-state index is -5.09. The van der Waals surface area contributed by atoms with Gasteiger partial charge in [0.1, 0.15) is 18.1 Å². The molecule has 0 spiro atoms. The van der Waals surface area contributed by atoms with Crippen LogP contribution in [0.15, 0.2) is 42.5 Å². The quantitative estimate of drug-likeness (QED) is 0.693. The zero-order valence-electron chi connectivity index (χ0n) is 15.7. The highest BCUT2D eigenvalue weighted by molar-refractivity contribution is 5.95. The topological polar surface area (TPSA) is 49.8 Å². The van der Waals surface area contributed by atoms with Crippen LogP contribution in [0.5, 0.6) is 0 Å². The number of carbonyl (C=O) groups is 1. The summed E-state index contributed by atoms with van der Waals surface area (Å²) in [7, 11) is 0. The van der Waals surface area contributed by atoms with Crippen LogP contribution in [0.2, 0.25) is 0 Å². The lowest BCUT2D eigenvalue weighted by molar-refractivity contribution is -0.143. The first-order valence-electron chi connectivity index (χ1n) is 8.95. The third-order valence-corrected chi connectivity index (χ3v) is 4.95. The van der Waals surface area contributed by atoms with Crippen LogP contribution in [0.1, 0.15) is 33.5 Å². The van der Waals surface area contributed by atoms with E-state index in [2.05, 4.69) is 0 Å². The van der Waals surface area contributed by atoms with Crippen LogP contribution in [0.3, 0.4) is 0 Å². The second-order valence-electron chi connectivity index (χ2n) is 7.05. The predicted octanol–water partition coefficient (Wildman–Crippen LogP) is 4.57. The van der Waals surface area contributed by atoms with Crippen molar-refractivity contribution >= 4 is 5.91 Å². The number of hydrogen-bond acceptors (Lipinski definition) is 3. The van der Waals surface area contributed by atoms with Crippen LogP contribution in [-0.4, -0.2) is 35.8 Å². The van der Waals surface area contributed by atoms with E-state index in [1.165, 1.54) is 12.1 Å². The predicted molar refractivity (Wildman–Crippen MR) is 93.2 cm³/mol. The van der Waals surface area contributed by atoms with Gasteiger partial charge >= 0.3 is 12.4 Å². The molecular weight excluding hydrogens is 435 g/mol. The number of ether oxygens (including phenoxy) is 1. The first-order chi connectivity index (χ1) is 14.4. The standard InChI is InChI=1S/C20H16F7NO3/c21-16-3-1-13(2-4-16)18(5-6-29)10-28(11-31-18)17(30)12-7-14(19(22,23)24)9-15(8-12)20(25,26)27/h1-4,7-9,29H,5-6,10-11H2. The van der Waals surface area contributed by atoms with Gasteiger partial charge in [-0.15, -0.1) is 0 Å². The molecule has 1 fully saturated rings. The molecule has 0 aromatic heterocycles. The molecule has 0 saturated carbocycles. The van der Waals surface area contributed by atoms with Gasteiger partial charge in [0.25, 0.3) is 5.91 Å². The van der Waals surface area contributed by atoms with E-state index in [-0.39, 0.29) is 25.6 Å². The molecular formula is C20H16F7NO3. The molecule has 2 aromatic carbocycles. The van der Waals surface area contributed by atoms with Crippen molar-refractivity contribution in [2.45, 2.75) is 24.4 Å². The van der Waals surface area contributed by atoms with Gasteiger partial charge in [0.2, 0.25) is 0 Å². The zero-order chi connectivity index (χ0) is 23.0. The fourth-order valence-electron chi connectivity index (χ4n) is 3.40. The average molecular weight is 451 g/mol. The maximum atomic E-state index is 13.2. The summed E-state index contributed by atoms with van der Waals surface area (Å²) in [5.74, 6) is -1.64. The number of alkyl halides is 6. The third-order valence-electron chi connectivity index (χ3n) is 4.95. The van der Waals surface area contributed by atoms with Crippen molar-refractivity contribution in [2.75, 3.05) is 19.9 Å². The number of aliphatic hydroxyl groups is 1. The highest BCUT2D eigenvalue weighted by atomic mass is 19.4. The van der Waals surface area contributed by atoms with Crippen molar-refractivity contribution in [1.29, 1.82) is 0 Å². The summed E-state index contributed by atoms with van der Waals surface area (Å²) in [6, 6.07) is 5.63. The van der Waals surface area contributed by atoms with Gasteiger partial charge in [0, 0.05) is 18.6 Å². The molecule has 0 bridgehead atoms. The first-order valence-corrected chi connectivity index (χ1v) is 8.95. The van der Waals surface area contributed by atoms with E-state index < -0.39 is 53.1 Å². The second kappa shape index (κ2) is 8.12. The van der Waals surface area contributed by atoms with E-state index in [0.717, 1.165) is 17.0 Å². The SMILES string of the molecule is O=C(c1cc(C(F)(F)F)cc(C(F)(F)F)c1)N1COC(CCO)(c2ccc(F)cc2)C1. The van der Waals surface area contributed by atoms with Crippen molar-refractivity contribution in [1.82, 2.24) is 4.90 Å². The summed E-state index contributed by atoms with van der Waals surface area (Å²) >= 11 is 0. The molecule has 0 radical (unpaired) electrons. The zero-order valence-corrected chi connectivity index (χ0v) is 15.7. The van der Waals surface area contributed by atoms with E-state index in [0.29, 0.717) is 17.7 Å². The fraction of sp³-hybridized carbons (Fsp3) is 0.350. The Balaban J connectivity index is 1.95.